The third kappa shape index (κ3) is 8.02. The highest BCUT2D eigenvalue weighted by Gasteiger charge is 2.34. The standard InChI is InChI=1S/C28H37Cl2N3O5S/c1-5-24(28(35)31-20-10-7-6-8-11-20)32(17-21-22(29)12-9-13-23(21)30)27(34)18-33(39(4,36)37)25-16-19(2)14-15-26(25)38-3/h9,12-16,20,24H,5-8,10-11,17-18H2,1-4H3,(H,31,35)/t24-/m1/s1. The maximum Gasteiger partial charge on any atom is 0.244 e. The van der Waals surface area contributed by atoms with Crippen molar-refractivity contribution < 1.29 is 22.7 Å². The molecule has 2 aromatic rings. The van der Waals surface area contributed by atoms with E-state index < -0.39 is 28.5 Å². The molecule has 39 heavy (non-hydrogen) atoms. The van der Waals surface area contributed by atoms with Gasteiger partial charge in [0.2, 0.25) is 21.8 Å². The Morgan fingerprint density at radius 2 is 1.74 bits per heavy atom. The molecule has 1 saturated carbocycles. The number of hydrogen-bond donors (Lipinski definition) is 1. The van der Waals surface area contributed by atoms with Crippen molar-refractivity contribution in [2.24, 2.45) is 0 Å². The molecule has 214 valence electrons. The number of aryl methyl sites for hydroxylation is 1. The van der Waals surface area contributed by atoms with Crippen molar-refractivity contribution in [1.29, 1.82) is 0 Å². The van der Waals surface area contributed by atoms with Crippen LogP contribution in [0, 0.1) is 6.92 Å². The average Bonchev–Trinajstić information content (AvgIpc) is 2.88. The fraction of sp³-hybridized carbons (Fsp3) is 0.500. The monoisotopic (exact) mass is 597 g/mol. The van der Waals surface area contributed by atoms with E-state index in [0.717, 1.165) is 48.2 Å². The SMILES string of the molecule is CC[C@H](C(=O)NC1CCCCC1)N(Cc1c(Cl)cccc1Cl)C(=O)CN(c1cc(C)ccc1OC)S(C)(=O)=O. The van der Waals surface area contributed by atoms with Crippen LogP contribution in [0.25, 0.3) is 0 Å². The molecule has 0 unspecified atom stereocenters. The van der Waals surface area contributed by atoms with Crippen molar-refractivity contribution in [1.82, 2.24) is 10.2 Å². The van der Waals surface area contributed by atoms with E-state index in [1.165, 1.54) is 12.0 Å². The van der Waals surface area contributed by atoms with Crippen LogP contribution in [0.2, 0.25) is 10.0 Å². The number of hydrogen-bond acceptors (Lipinski definition) is 5. The van der Waals surface area contributed by atoms with Crippen LogP contribution in [0.5, 0.6) is 5.75 Å². The number of halogens is 2. The predicted octanol–water partition coefficient (Wildman–Crippen LogP) is 5.33. The maximum atomic E-state index is 14.0. The molecule has 1 aliphatic rings. The van der Waals surface area contributed by atoms with E-state index in [-0.39, 0.29) is 24.2 Å². The molecule has 0 saturated heterocycles. The molecule has 0 aromatic heterocycles. The van der Waals surface area contributed by atoms with Gasteiger partial charge in [0.25, 0.3) is 0 Å². The molecule has 1 atom stereocenters. The van der Waals surface area contributed by atoms with E-state index in [4.69, 9.17) is 27.9 Å². The van der Waals surface area contributed by atoms with Gasteiger partial charge in [-0.05, 0) is 56.0 Å². The number of rotatable bonds is 11. The lowest BCUT2D eigenvalue weighted by atomic mass is 9.95. The topological polar surface area (TPSA) is 96.0 Å². The molecule has 11 heteroatoms. The quantitative estimate of drug-likeness (QED) is 0.377. The largest absolute Gasteiger partial charge is 0.495 e. The van der Waals surface area contributed by atoms with Gasteiger partial charge in [-0.25, -0.2) is 8.42 Å². The summed E-state index contributed by atoms with van der Waals surface area (Å²) in [4.78, 5) is 28.9. The van der Waals surface area contributed by atoms with E-state index in [1.807, 2.05) is 13.8 Å². The van der Waals surface area contributed by atoms with Crippen LogP contribution in [-0.4, -0.2) is 57.1 Å². The summed E-state index contributed by atoms with van der Waals surface area (Å²) in [7, 11) is -2.47. The Hall–Kier alpha value is -2.49. The lowest BCUT2D eigenvalue weighted by Gasteiger charge is -2.34. The summed E-state index contributed by atoms with van der Waals surface area (Å²) in [5.41, 5.74) is 1.52. The van der Waals surface area contributed by atoms with Gasteiger partial charge in [-0.1, -0.05) is 61.5 Å². The third-order valence-corrected chi connectivity index (χ3v) is 8.84. The van der Waals surface area contributed by atoms with Gasteiger partial charge in [0.05, 0.1) is 19.1 Å². The van der Waals surface area contributed by atoms with E-state index in [9.17, 15) is 18.0 Å². The van der Waals surface area contributed by atoms with Crippen LogP contribution in [0.4, 0.5) is 5.69 Å². The highest BCUT2D eigenvalue weighted by atomic mass is 35.5. The van der Waals surface area contributed by atoms with Crippen molar-refractivity contribution in [3.63, 3.8) is 0 Å². The normalized spacial score (nSPS) is 14.9. The molecule has 1 fully saturated rings. The van der Waals surface area contributed by atoms with Crippen LogP contribution in [0.1, 0.15) is 56.6 Å². The summed E-state index contributed by atoms with van der Waals surface area (Å²) in [5, 5.41) is 3.81. The molecule has 3 rings (SSSR count). The molecule has 2 aromatic carbocycles. The van der Waals surface area contributed by atoms with E-state index in [0.29, 0.717) is 27.8 Å². The van der Waals surface area contributed by atoms with Crippen LogP contribution >= 0.6 is 23.2 Å². The molecule has 0 spiro atoms. The number of anilines is 1. The third-order valence-electron chi connectivity index (χ3n) is 7.01. The van der Waals surface area contributed by atoms with E-state index in [1.54, 1.807) is 36.4 Å². The van der Waals surface area contributed by atoms with Crippen LogP contribution in [0.3, 0.4) is 0 Å². The highest BCUT2D eigenvalue weighted by molar-refractivity contribution is 7.92. The smallest absolute Gasteiger partial charge is 0.244 e. The van der Waals surface area contributed by atoms with Gasteiger partial charge >= 0.3 is 0 Å². The first kappa shape index (κ1) is 31.0. The second-order valence-electron chi connectivity index (χ2n) is 9.93. The first-order valence-electron chi connectivity index (χ1n) is 13.1. The first-order chi connectivity index (χ1) is 18.5. The molecule has 0 heterocycles. The number of methoxy groups -OCH3 is 1. The van der Waals surface area contributed by atoms with Gasteiger partial charge in [-0.3, -0.25) is 13.9 Å². The van der Waals surface area contributed by atoms with Gasteiger partial charge in [0.15, 0.2) is 0 Å². The minimum Gasteiger partial charge on any atom is -0.495 e. The molecular formula is C28H37Cl2N3O5S. The maximum absolute atomic E-state index is 14.0. The Morgan fingerprint density at radius 3 is 2.31 bits per heavy atom. The summed E-state index contributed by atoms with van der Waals surface area (Å²) >= 11 is 12.9. The highest BCUT2D eigenvalue weighted by Crippen LogP contribution is 2.32. The van der Waals surface area contributed by atoms with Crippen molar-refractivity contribution in [3.8, 4) is 5.75 Å². The van der Waals surface area contributed by atoms with Gasteiger partial charge in [0, 0.05) is 28.2 Å². The Balaban J connectivity index is 2.01. The second kappa shape index (κ2) is 13.7. The van der Waals surface area contributed by atoms with Crippen molar-refractivity contribution in [3.05, 3.63) is 57.6 Å². The van der Waals surface area contributed by atoms with Gasteiger partial charge < -0.3 is 15.0 Å². The number of carbonyl (C=O) groups is 2. The number of amides is 2. The molecule has 0 bridgehead atoms. The Morgan fingerprint density at radius 1 is 1.10 bits per heavy atom. The molecular weight excluding hydrogens is 561 g/mol. The predicted molar refractivity (Wildman–Crippen MR) is 156 cm³/mol. The summed E-state index contributed by atoms with van der Waals surface area (Å²) in [5.74, 6) is -0.535. The van der Waals surface area contributed by atoms with Crippen molar-refractivity contribution in [2.45, 2.75) is 71.0 Å². The van der Waals surface area contributed by atoms with Gasteiger partial charge in [-0.2, -0.15) is 0 Å². The van der Waals surface area contributed by atoms with E-state index in [2.05, 4.69) is 5.32 Å². The number of nitrogens with one attached hydrogen (secondary N) is 1. The lowest BCUT2D eigenvalue weighted by Crippen LogP contribution is -2.54. The minimum absolute atomic E-state index is 0.0465. The molecule has 1 aliphatic carbocycles. The van der Waals surface area contributed by atoms with Crippen LogP contribution in [-0.2, 0) is 26.2 Å². The number of ether oxygens (including phenoxy) is 1. The summed E-state index contributed by atoms with van der Waals surface area (Å²) in [6, 6.07) is 9.31. The zero-order valence-electron chi connectivity index (χ0n) is 22.9. The molecule has 1 N–H and O–H groups in total. The molecule has 2 amide bonds. The number of benzene rings is 2. The van der Waals surface area contributed by atoms with Crippen LogP contribution < -0.4 is 14.4 Å². The number of sulfonamides is 1. The first-order valence-corrected chi connectivity index (χ1v) is 15.7. The van der Waals surface area contributed by atoms with E-state index >= 15 is 0 Å². The molecule has 0 radical (unpaired) electrons. The second-order valence-corrected chi connectivity index (χ2v) is 12.7. The summed E-state index contributed by atoms with van der Waals surface area (Å²) in [6.07, 6.45) is 6.36. The molecule has 8 nitrogen and oxygen atoms in total. The average molecular weight is 599 g/mol. The fourth-order valence-electron chi connectivity index (χ4n) is 4.91. The van der Waals surface area contributed by atoms with Gasteiger partial charge in [0.1, 0.15) is 18.3 Å². The molecule has 0 aliphatic heterocycles. The van der Waals surface area contributed by atoms with Crippen molar-refractivity contribution in [2.75, 3.05) is 24.2 Å². The number of nitrogens with zero attached hydrogens (tertiary/aromatic N) is 2. The van der Waals surface area contributed by atoms with Gasteiger partial charge in [-0.15, -0.1) is 0 Å². The Bertz CT molecular complexity index is 1260. The Labute approximate surface area is 241 Å². The lowest BCUT2D eigenvalue weighted by molar-refractivity contribution is -0.140. The number of carbonyl (C=O) groups excluding carboxylic acids is 2. The fourth-order valence-corrected chi connectivity index (χ4v) is 6.27. The Kier molecular flexibility index (Phi) is 10.9. The minimum atomic E-state index is -3.91. The van der Waals surface area contributed by atoms with Crippen molar-refractivity contribution >= 4 is 50.7 Å². The summed E-state index contributed by atoms with van der Waals surface area (Å²) < 4.78 is 32.3. The zero-order chi connectivity index (χ0) is 28.7. The zero-order valence-corrected chi connectivity index (χ0v) is 25.2. The summed E-state index contributed by atoms with van der Waals surface area (Å²) in [6.45, 7) is 3.04. The van der Waals surface area contributed by atoms with Crippen LogP contribution in [0.15, 0.2) is 36.4 Å².